The van der Waals surface area contributed by atoms with E-state index in [0.717, 1.165) is 43.6 Å². The Morgan fingerprint density at radius 3 is 2.00 bits per heavy atom. The van der Waals surface area contributed by atoms with Crippen LogP contribution in [0, 0.1) is 11.8 Å². The highest BCUT2D eigenvalue weighted by Gasteiger charge is 2.38. The molecule has 2 saturated carbocycles. The molecule has 2 unspecified atom stereocenters. The molecule has 3 aliphatic rings. The first-order chi connectivity index (χ1) is 17.5. The van der Waals surface area contributed by atoms with Gasteiger partial charge in [0.1, 0.15) is 23.9 Å². The van der Waals surface area contributed by atoms with Crippen LogP contribution in [0.5, 0.6) is 0 Å². The van der Waals surface area contributed by atoms with Gasteiger partial charge < -0.3 is 14.6 Å². The number of allylic oxidation sites excluding steroid dienone is 4. The Bertz CT molecular complexity index is 889. The van der Waals surface area contributed by atoms with Crippen molar-refractivity contribution >= 4 is 17.6 Å². The fourth-order valence-corrected chi connectivity index (χ4v) is 4.89. The molecule has 2 aliphatic carbocycles. The van der Waals surface area contributed by atoms with Crippen molar-refractivity contribution in [2.24, 2.45) is 11.8 Å². The molecule has 7 nitrogen and oxygen atoms in total. The number of carbonyl (C=O) groups excluding carboxylic acids is 3. The Labute approximate surface area is 214 Å². The molecule has 1 saturated heterocycles. The Kier molecular flexibility index (Phi) is 11.0. The van der Waals surface area contributed by atoms with E-state index in [1.165, 1.54) is 22.5 Å². The number of unbranched alkanes of at least 4 members (excludes halogenated alkanes) is 1. The number of carbonyl (C=O) groups is 3. The highest BCUT2D eigenvalue weighted by Crippen LogP contribution is 2.31. The van der Waals surface area contributed by atoms with Gasteiger partial charge in [-0.25, -0.2) is 0 Å². The normalized spacial score (nSPS) is 22.2. The Hall–Kier alpha value is -2.67. The van der Waals surface area contributed by atoms with E-state index in [1.807, 2.05) is 0 Å². The zero-order chi connectivity index (χ0) is 25.9. The first-order valence-corrected chi connectivity index (χ1v) is 13.4. The highest BCUT2D eigenvalue weighted by atomic mass is 16.5. The number of hydrogen-bond acceptors (Lipinski definition) is 6. The predicted molar refractivity (Wildman–Crippen MR) is 138 cm³/mol. The number of aliphatic hydroxyl groups is 1. The van der Waals surface area contributed by atoms with Gasteiger partial charge >= 0.3 is 0 Å². The van der Waals surface area contributed by atoms with E-state index < -0.39 is 17.7 Å². The summed E-state index contributed by atoms with van der Waals surface area (Å²) in [6.07, 6.45) is 12.3. The molecule has 1 heterocycles. The largest absolute Gasteiger partial charge is 0.494 e. The van der Waals surface area contributed by atoms with E-state index in [-0.39, 0.29) is 44.3 Å². The van der Waals surface area contributed by atoms with Crippen molar-refractivity contribution in [2.45, 2.75) is 77.0 Å². The van der Waals surface area contributed by atoms with Crippen LogP contribution in [0.2, 0.25) is 0 Å². The van der Waals surface area contributed by atoms with Gasteiger partial charge in [-0.15, -0.1) is 0 Å². The lowest BCUT2D eigenvalue weighted by Crippen LogP contribution is -2.49. The van der Waals surface area contributed by atoms with E-state index in [1.54, 1.807) is 12.2 Å². The van der Waals surface area contributed by atoms with Gasteiger partial charge in [0.15, 0.2) is 0 Å². The smallest absolute Gasteiger partial charge is 0.239 e. The van der Waals surface area contributed by atoms with Crippen LogP contribution in [0.1, 0.15) is 77.0 Å². The summed E-state index contributed by atoms with van der Waals surface area (Å²) in [6, 6.07) is 0. The minimum Gasteiger partial charge on any atom is -0.494 e. The summed E-state index contributed by atoms with van der Waals surface area (Å²) in [5, 5.41) is 9.42. The maximum atomic E-state index is 13.5. The third-order valence-corrected chi connectivity index (χ3v) is 7.48. The lowest BCUT2D eigenvalue weighted by molar-refractivity contribution is -0.154. The standard InChI is InChI=1S/C29H41NO6/c1-3-26(21-9-7-10-21)35-19-6-5-13-24-25(32)15-14-23(16-18-31)28(33)30(29(24)34)17-20-36-27(4-2)22-11-8-12-22/h3-4,23-24,31H,1-2,5-20H2. The average Bonchev–Trinajstić information content (AvgIpc) is 2.81. The Balaban J connectivity index is 1.60. The molecule has 36 heavy (non-hydrogen) atoms. The second kappa shape index (κ2) is 14.2. The van der Waals surface area contributed by atoms with Gasteiger partial charge in [-0.3, -0.25) is 19.3 Å². The van der Waals surface area contributed by atoms with Crippen molar-refractivity contribution in [1.82, 2.24) is 4.90 Å². The summed E-state index contributed by atoms with van der Waals surface area (Å²) in [5.41, 5.74) is 2.51. The van der Waals surface area contributed by atoms with E-state index in [0.29, 0.717) is 32.3 Å². The van der Waals surface area contributed by atoms with Gasteiger partial charge in [-0.05, 0) is 93.9 Å². The highest BCUT2D eigenvalue weighted by molar-refractivity contribution is 6.08. The third-order valence-electron chi connectivity index (χ3n) is 7.48. The number of rotatable bonds is 14. The molecule has 3 fully saturated rings. The van der Waals surface area contributed by atoms with Crippen LogP contribution in [0.4, 0.5) is 0 Å². The van der Waals surface area contributed by atoms with Gasteiger partial charge in [-0.1, -0.05) is 13.2 Å². The molecule has 0 aromatic carbocycles. The van der Waals surface area contributed by atoms with E-state index >= 15 is 0 Å². The molecule has 2 atom stereocenters. The fraction of sp³-hybridized carbons (Fsp3) is 0.621. The van der Waals surface area contributed by atoms with Crippen molar-refractivity contribution in [3.8, 4) is 0 Å². The fourth-order valence-electron chi connectivity index (χ4n) is 4.89. The quantitative estimate of drug-likeness (QED) is 0.160. The van der Waals surface area contributed by atoms with E-state index in [4.69, 9.17) is 9.47 Å². The molecule has 0 bridgehead atoms. The summed E-state index contributed by atoms with van der Waals surface area (Å²) >= 11 is 0. The summed E-state index contributed by atoms with van der Waals surface area (Å²) in [4.78, 5) is 40.9. The maximum absolute atomic E-state index is 13.5. The van der Waals surface area contributed by atoms with Gasteiger partial charge in [0.2, 0.25) is 11.8 Å². The van der Waals surface area contributed by atoms with Gasteiger partial charge in [-0.2, -0.15) is 0 Å². The molecule has 1 aliphatic heterocycles. The molecular weight excluding hydrogens is 458 g/mol. The molecule has 7 heteroatoms. The first kappa shape index (κ1) is 27.9. The lowest BCUT2D eigenvalue weighted by atomic mass is 9.86. The zero-order valence-corrected chi connectivity index (χ0v) is 21.5. The van der Waals surface area contributed by atoms with Crippen LogP contribution in [0.25, 0.3) is 0 Å². The van der Waals surface area contributed by atoms with Gasteiger partial charge in [0, 0.05) is 18.9 Å². The molecule has 0 aromatic heterocycles. The molecule has 1 N–H and O–H groups in total. The number of imide groups is 1. The van der Waals surface area contributed by atoms with Crippen molar-refractivity contribution in [3.05, 3.63) is 48.0 Å². The van der Waals surface area contributed by atoms with Crippen molar-refractivity contribution < 1.29 is 29.0 Å². The van der Waals surface area contributed by atoms with Crippen LogP contribution >= 0.6 is 0 Å². The molecule has 0 aromatic rings. The minimum atomic E-state index is -0.836. The second-order valence-corrected chi connectivity index (χ2v) is 9.84. The average molecular weight is 500 g/mol. The summed E-state index contributed by atoms with van der Waals surface area (Å²) in [7, 11) is 0. The van der Waals surface area contributed by atoms with Crippen LogP contribution < -0.4 is 0 Å². The van der Waals surface area contributed by atoms with E-state index in [2.05, 4.69) is 13.2 Å². The summed E-state index contributed by atoms with van der Waals surface area (Å²) in [5.74, 6) is -0.691. The number of amides is 2. The maximum Gasteiger partial charge on any atom is 0.239 e. The van der Waals surface area contributed by atoms with Crippen molar-refractivity contribution in [3.63, 3.8) is 0 Å². The number of aliphatic hydroxyl groups excluding tert-OH is 1. The van der Waals surface area contributed by atoms with Gasteiger partial charge in [0.25, 0.3) is 0 Å². The second-order valence-electron chi connectivity index (χ2n) is 9.84. The van der Waals surface area contributed by atoms with Crippen LogP contribution in [0.15, 0.2) is 48.0 Å². The summed E-state index contributed by atoms with van der Waals surface area (Å²) < 4.78 is 11.7. The third kappa shape index (κ3) is 7.19. The molecule has 0 radical (unpaired) electrons. The molecular formula is C29H41NO6. The predicted octanol–water partition coefficient (Wildman–Crippen LogP) is 4.77. The number of nitrogens with zero attached hydrogens (tertiary/aromatic N) is 1. The van der Waals surface area contributed by atoms with Crippen molar-refractivity contribution in [2.75, 3.05) is 26.4 Å². The minimum absolute atomic E-state index is 0.0768. The van der Waals surface area contributed by atoms with Crippen LogP contribution in [0.3, 0.4) is 0 Å². The van der Waals surface area contributed by atoms with Gasteiger partial charge in [0.05, 0.1) is 19.1 Å². The van der Waals surface area contributed by atoms with Crippen LogP contribution in [-0.2, 0) is 23.9 Å². The first-order valence-electron chi connectivity index (χ1n) is 13.4. The van der Waals surface area contributed by atoms with Crippen molar-refractivity contribution in [1.29, 1.82) is 0 Å². The van der Waals surface area contributed by atoms with E-state index in [9.17, 15) is 19.5 Å². The number of likely N-dealkylation sites (tertiary alicyclic amines) is 1. The number of hydrogen-bond donors (Lipinski definition) is 1. The topological polar surface area (TPSA) is 93.1 Å². The summed E-state index contributed by atoms with van der Waals surface area (Å²) in [6.45, 7) is 8.21. The Morgan fingerprint density at radius 2 is 1.47 bits per heavy atom. The zero-order valence-electron chi connectivity index (χ0n) is 21.5. The SMILES string of the molecule is C=CC(OCCCCC1C(=O)CCC(CCO)C(=O)N(CCOC(C=C)=C2CCC2)C1=O)=C1CCC1. The Morgan fingerprint density at radius 1 is 0.861 bits per heavy atom. The van der Waals surface area contributed by atoms with Crippen LogP contribution in [-0.4, -0.2) is 54.0 Å². The molecule has 3 rings (SSSR count). The number of ketones is 1. The monoisotopic (exact) mass is 499 g/mol. The molecule has 0 spiro atoms. The number of Topliss-reactive ketones (excluding diaryl/α,β-unsaturated/α-hetero) is 1. The molecule has 2 amide bonds. The molecule has 198 valence electrons. The lowest BCUT2D eigenvalue weighted by Gasteiger charge is -2.31. The number of ether oxygens (including phenoxy) is 2.